The summed E-state index contributed by atoms with van der Waals surface area (Å²) in [5, 5.41) is 12.1. The van der Waals surface area contributed by atoms with Gasteiger partial charge in [-0.1, -0.05) is 6.92 Å². The molecule has 2 nitrogen and oxygen atoms in total. The van der Waals surface area contributed by atoms with Crippen molar-refractivity contribution in [1.29, 1.82) is 0 Å². The van der Waals surface area contributed by atoms with E-state index in [0.29, 0.717) is 12.6 Å². The van der Waals surface area contributed by atoms with E-state index in [1.54, 1.807) is 0 Å². The Kier molecular flexibility index (Phi) is 8.57. The Bertz CT molecular complexity index is 80.5. The highest BCUT2D eigenvalue weighted by atomic mass is 32.2. The molecule has 0 amide bonds. The number of aliphatic hydroxyl groups excluding tert-OH is 1. The number of rotatable bonds is 7. The molecule has 11 heavy (non-hydrogen) atoms. The molecule has 0 saturated carbocycles. The number of hydrogen-bond acceptors (Lipinski definition) is 3. The summed E-state index contributed by atoms with van der Waals surface area (Å²) in [6.45, 7) is 3.50. The summed E-state index contributed by atoms with van der Waals surface area (Å²) in [6, 6.07) is 0.507. The fraction of sp³-hybridized carbons (Fsp3) is 1.00. The van der Waals surface area contributed by atoms with Crippen LogP contribution in [0.3, 0.4) is 0 Å². The molecule has 0 heterocycles. The van der Waals surface area contributed by atoms with Gasteiger partial charge in [0.1, 0.15) is 0 Å². The van der Waals surface area contributed by atoms with Crippen molar-refractivity contribution in [2.45, 2.75) is 25.8 Å². The van der Waals surface area contributed by atoms with Crippen molar-refractivity contribution >= 4 is 11.8 Å². The van der Waals surface area contributed by atoms with Gasteiger partial charge in [-0.25, -0.2) is 0 Å². The lowest BCUT2D eigenvalue weighted by Crippen LogP contribution is -2.31. The molecule has 0 aromatic carbocycles. The predicted molar refractivity (Wildman–Crippen MR) is 52.2 cm³/mol. The van der Waals surface area contributed by atoms with E-state index in [9.17, 15) is 0 Å². The maximum Gasteiger partial charge on any atom is 0.0445 e. The molecule has 0 aliphatic heterocycles. The Morgan fingerprint density at radius 2 is 2.27 bits per heavy atom. The molecular formula is C8H19NOS. The molecule has 0 rings (SSSR count). The van der Waals surface area contributed by atoms with E-state index in [-0.39, 0.29) is 0 Å². The molecule has 3 heteroatoms. The minimum Gasteiger partial charge on any atom is -0.396 e. The molecule has 0 fully saturated rings. The van der Waals surface area contributed by atoms with Gasteiger partial charge in [-0.05, 0) is 19.1 Å². The van der Waals surface area contributed by atoms with Crippen molar-refractivity contribution in [2.24, 2.45) is 0 Å². The molecule has 0 radical (unpaired) electrons. The molecule has 0 aliphatic carbocycles. The zero-order valence-electron chi connectivity index (χ0n) is 7.47. The van der Waals surface area contributed by atoms with Crippen molar-refractivity contribution in [2.75, 3.05) is 25.2 Å². The first kappa shape index (κ1) is 11.3. The third kappa shape index (κ3) is 6.66. The molecule has 2 N–H and O–H groups in total. The Hall–Kier alpha value is 0.270. The van der Waals surface area contributed by atoms with Crippen LogP contribution in [0.5, 0.6) is 0 Å². The summed E-state index contributed by atoms with van der Waals surface area (Å²) in [5.41, 5.74) is 0. The van der Waals surface area contributed by atoms with Gasteiger partial charge in [0.15, 0.2) is 0 Å². The zero-order valence-corrected chi connectivity index (χ0v) is 8.28. The van der Waals surface area contributed by atoms with Gasteiger partial charge in [0.25, 0.3) is 0 Å². The number of thioether (sulfide) groups is 1. The van der Waals surface area contributed by atoms with E-state index in [1.165, 1.54) is 0 Å². The molecule has 0 saturated heterocycles. The number of hydrogen-bond donors (Lipinski definition) is 2. The Morgan fingerprint density at radius 1 is 1.55 bits per heavy atom. The first-order chi connectivity index (χ1) is 5.35. The second kappa shape index (κ2) is 8.37. The third-order valence-corrected chi connectivity index (χ3v) is 2.32. The highest BCUT2D eigenvalue weighted by Gasteiger charge is 2.02. The first-order valence-corrected chi connectivity index (χ1v) is 5.57. The van der Waals surface area contributed by atoms with E-state index >= 15 is 0 Å². The van der Waals surface area contributed by atoms with Crippen LogP contribution in [-0.2, 0) is 0 Å². The van der Waals surface area contributed by atoms with Crippen molar-refractivity contribution < 1.29 is 5.11 Å². The van der Waals surface area contributed by atoms with Gasteiger partial charge in [-0.2, -0.15) is 11.8 Å². The molecule has 68 valence electrons. The fourth-order valence-corrected chi connectivity index (χ4v) is 1.29. The van der Waals surface area contributed by atoms with Gasteiger partial charge in [0.2, 0.25) is 0 Å². The maximum atomic E-state index is 8.68. The highest BCUT2D eigenvalue weighted by molar-refractivity contribution is 7.98. The Balaban J connectivity index is 3.20. The van der Waals surface area contributed by atoms with Crippen LogP contribution in [0.15, 0.2) is 0 Å². The standard InChI is InChI=1S/C8H19NOS/c1-3-8(4-6-10)9-5-7-11-2/h8-10H,3-7H2,1-2H3. The SMILES string of the molecule is CCC(CCO)NCCSC. The van der Waals surface area contributed by atoms with E-state index in [1.807, 2.05) is 11.8 Å². The first-order valence-electron chi connectivity index (χ1n) is 4.18. The van der Waals surface area contributed by atoms with Gasteiger partial charge in [0.05, 0.1) is 0 Å². The summed E-state index contributed by atoms with van der Waals surface area (Å²) >= 11 is 1.85. The van der Waals surface area contributed by atoms with Gasteiger partial charge < -0.3 is 10.4 Å². The highest BCUT2D eigenvalue weighted by Crippen LogP contribution is 1.96. The van der Waals surface area contributed by atoms with Gasteiger partial charge >= 0.3 is 0 Å². The van der Waals surface area contributed by atoms with Crippen LogP contribution in [0, 0.1) is 0 Å². The third-order valence-electron chi connectivity index (χ3n) is 1.71. The average molecular weight is 177 g/mol. The van der Waals surface area contributed by atoms with Crippen LogP contribution >= 0.6 is 11.8 Å². The van der Waals surface area contributed by atoms with Crippen molar-refractivity contribution in [3.63, 3.8) is 0 Å². The smallest absolute Gasteiger partial charge is 0.0445 e. The molecule has 1 atom stereocenters. The minimum atomic E-state index is 0.296. The van der Waals surface area contributed by atoms with E-state index in [0.717, 1.165) is 25.1 Å². The minimum absolute atomic E-state index is 0.296. The summed E-state index contributed by atoms with van der Waals surface area (Å²) in [4.78, 5) is 0. The molecule has 1 unspecified atom stereocenters. The van der Waals surface area contributed by atoms with Crippen LogP contribution in [0.2, 0.25) is 0 Å². The second-order valence-electron chi connectivity index (χ2n) is 2.56. The predicted octanol–water partition coefficient (Wildman–Crippen LogP) is 1.10. The van der Waals surface area contributed by atoms with Crippen LogP contribution in [0.4, 0.5) is 0 Å². The van der Waals surface area contributed by atoms with Gasteiger partial charge in [-0.15, -0.1) is 0 Å². The van der Waals surface area contributed by atoms with Gasteiger partial charge in [-0.3, -0.25) is 0 Å². The zero-order chi connectivity index (χ0) is 8.53. The van der Waals surface area contributed by atoms with Gasteiger partial charge in [0, 0.05) is 24.9 Å². The molecule has 0 bridgehead atoms. The monoisotopic (exact) mass is 177 g/mol. The van der Waals surface area contributed by atoms with Crippen LogP contribution in [0.1, 0.15) is 19.8 Å². The van der Waals surface area contributed by atoms with Crippen LogP contribution in [0.25, 0.3) is 0 Å². The fourth-order valence-electron chi connectivity index (χ4n) is 0.971. The number of nitrogens with one attached hydrogen (secondary N) is 1. The molecule has 0 aromatic rings. The Morgan fingerprint density at radius 3 is 2.73 bits per heavy atom. The second-order valence-corrected chi connectivity index (χ2v) is 3.55. The summed E-state index contributed by atoms with van der Waals surface area (Å²) < 4.78 is 0. The largest absolute Gasteiger partial charge is 0.396 e. The van der Waals surface area contributed by atoms with Crippen molar-refractivity contribution in [1.82, 2.24) is 5.32 Å². The number of aliphatic hydroxyl groups is 1. The van der Waals surface area contributed by atoms with Crippen LogP contribution in [-0.4, -0.2) is 36.3 Å². The summed E-state index contributed by atoms with van der Waals surface area (Å²) in [6.07, 6.45) is 4.09. The van der Waals surface area contributed by atoms with E-state index in [2.05, 4.69) is 18.5 Å². The van der Waals surface area contributed by atoms with Crippen molar-refractivity contribution in [3.05, 3.63) is 0 Å². The van der Waals surface area contributed by atoms with Crippen molar-refractivity contribution in [3.8, 4) is 0 Å². The van der Waals surface area contributed by atoms with E-state index < -0.39 is 0 Å². The Labute approximate surface area is 73.8 Å². The molecule has 0 aromatic heterocycles. The lowest BCUT2D eigenvalue weighted by molar-refractivity contribution is 0.263. The molecular weight excluding hydrogens is 158 g/mol. The van der Waals surface area contributed by atoms with E-state index in [4.69, 9.17) is 5.11 Å². The van der Waals surface area contributed by atoms with Crippen LogP contribution < -0.4 is 5.32 Å². The summed E-state index contributed by atoms with van der Waals surface area (Å²) in [7, 11) is 0. The lowest BCUT2D eigenvalue weighted by atomic mass is 10.1. The summed E-state index contributed by atoms with van der Waals surface area (Å²) in [5.74, 6) is 1.15. The topological polar surface area (TPSA) is 32.3 Å². The molecule has 0 spiro atoms. The lowest BCUT2D eigenvalue weighted by Gasteiger charge is -2.14. The average Bonchev–Trinajstić information content (AvgIpc) is 2.03. The maximum absolute atomic E-state index is 8.68. The molecule has 0 aliphatic rings. The quantitative estimate of drug-likeness (QED) is 0.571. The normalized spacial score (nSPS) is 13.4.